The number of benzene rings is 1. The van der Waals surface area contributed by atoms with E-state index in [1.54, 1.807) is 12.1 Å². The summed E-state index contributed by atoms with van der Waals surface area (Å²) in [5.74, 6) is -0.549. The zero-order valence-corrected chi connectivity index (χ0v) is 11.5. The first kappa shape index (κ1) is 13.3. The lowest BCUT2D eigenvalue weighted by Gasteiger charge is -2.14. The molecule has 2 aromatic heterocycles. The Balaban J connectivity index is 2.40. The van der Waals surface area contributed by atoms with E-state index in [2.05, 4.69) is 15.3 Å². The fourth-order valence-corrected chi connectivity index (χ4v) is 2.28. The van der Waals surface area contributed by atoms with Gasteiger partial charge in [-0.05, 0) is 17.5 Å². The van der Waals surface area contributed by atoms with Crippen LogP contribution in [0.4, 0.5) is 4.39 Å². The normalized spacial score (nSPS) is 11.4. The molecule has 0 saturated carbocycles. The van der Waals surface area contributed by atoms with Crippen molar-refractivity contribution in [1.82, 2.24) is 20.0 Å². The lowest BCUT2D eigenvalue weighted by Crippen LogP contribution is -2.23. The van der Waals surface area contributed by atoms with Gasteiger partial charge in [0.05, 0.1) is 5.52 Å². The number of H-pyrrole nitrogens is 2. The molecule has 0 aliphatic rings. The zero-order valence-electron chi connectivity index (χ0n) is 11.5. The Labute approximate surface area is 118 Å². The number of hydrogen-bond acceptors (Lipinski definition) is 3. The molecule has 0 radical (unpaired) electrons. The molecule has 0 aliphatic carbocycles. The standard InChI is InChI=1S/C14H13FN4O2/c1-7(2)8-4-3-5-9(15)13(8)19-11(20)6-10-12(18-19)14(21)17-16-10/h3-7,16H,1-2H3,(H,17,21). The predicted molar refractivity (Wildman–Crippen MR) is 76.4 cm³/mol. The van der Waals surface area contributed by atoms with Gasteiger partial charge in [-0.25, -0.2) is 4.39 Å². The number of para-hydroxylation sites is 1. The number of nitrogens with zero attached hydrogens (tertiary/aromatic N) is 2. The Kier molecular flexibility index (Phi) is 2.97. The second-order valence-corrected chi connectivity index (χ2v) is 5.07. The average molecular weight is 288 g/mol. The van der Waals surface area contributed by atoms with E-state index >= 15 is 0 Å². The van der Waals surface area contributed by atoms with Crippen LogP contribution in [0.2, 0.25) is 0 Å². The summed E-state index contributed by atoms with van der Waals surface area (Å²) in [6.07, 6.45) is 0. The monoisotopic (exact) mass is 288 g/mol. The highest BCUT2D eigenvalue weighted by Crippen LogP contribution is 2.24. The summed E-state index contributed by atoms with van der Waals surface area (Å²) >= 11 is 0. The van der Waals surface area contributed by atoms with Crippen LogP contribution in [0, 0.1) is 5.82 Å². The van der Waals surface area contributed by atoms with Crippen LogP contribution in [0.3, 0.4) is 0 Å². The quantitative estimate of drug-likeness (QED) is 0.752. The van der Waals surface area contributed by atoms with Gasteiger partial charge in [0, 0.05) is 6.07 Å². The number of aromatic nitrogens is 4. The van der Waals surface area contributed by atoms with Crippen molar-refractivity contribution in [3.8, 4) is 5.69 Å². The third-order valence-electron chi connectivity index (χ3n) is 3.31. The number of rotatable bonds is 2. The molecule has 2 N–H and O–H groups in total. The maximum Gasteiger partial charge on any atom is 0.292 e. The second-order valence-electron chi connectivity index (χ2n) is 5.07. The minimum absolute atomic E-state index is 0.00426. The topological polar surface area (TPSA) is 83.5 Å². The molecule has 21 heavy (non-hydrogen) atoms. The van der Waals surface area contributed by atoms with E-state index in [9.17, 15) is 14.0 Å². The van der Waals surface area contributed by atoms with Crippen LogP contribution in [-0.2, 0) is 0 Å². The first-order valence-electron chi connectivity index (χ1n) is 6.48. The maximum absolute atomic E-state index is 14.2. The average Bonchev–Trinajstić information content (AvgIpc) is 2.78. The second kappa shape index (κ2) is 4.69. The predicted octanol–water partition coefficient (Wildman–Crippen LogP) is 1.66. The maximum atomic E-state index is 14.2. The molecule has 0 aliphatic heterocycles. The fraction of sp³-hybridized carbons (Fsp3) is 0.214. The largest absolute Gasteiger partial charge is 0.296 e. The molecular weight excluding hydrogens is 275 g/mol. The van der Waals surface area contributed by atoms with Gasteiger partial charge in [-0.3, -0.25) is 19.8 Å². The van der Waals surface area contributed by atoms with Crippen molar-refractivity contribution < 1.29 is 4.39 Å². The third kappa shape index (κ3) is 2.06. The highest BCUT2D eigenvalue weighted by Gasteiger charge is 2.17. The first-order valence-corrected chi connectivity index (χ1v) is 6.48. The van der Waals surface area contributed by atoms with Gasteiger partial charge in [0.25, 0.3) is 11.1 Å². The molecule has 0 saturated heterocycles. The van der Waals surface area contributed by atoms with Crippen LogP contribution in [0.25, 0.3) is 16.7 Å². The summed E-state index contributed by atoms with van der Waals surface area (Å²) in [5, 5.41) is 8.90. The molecular formula is C14H13FN4O2. The van der Waals surface area contributed by atoms with Crippen molar-refractivity contribution in [2.75, 3.05) is 0 Å². The highest BCUT2D eigenvalue weighted by molar-refractivity contribution is 5.72. The Morgan fingerprint density at radius 3 is 2.71 bits per heavy atom. The van der Waals surface area contributed by atoms with Crippen molar-refractivity contribution in [2.24, 2.45) is 0 Å². The molecule has 0 unspecified atom stereocenters. The summed E-state index contributed by atoms with van der Waals surface area (Å²) in [5.41, 5.74) is 0.123. The van der Waals surface area contributed by atoms with E-state index in [0.717, 1.165) is 4.68 Å². The van der Waals surface area contributed by atoms with Crippen LogP contribution in [-0.4, -0.2) is 20.0 Å². The Hall–Kier alpha value is -2.70. The molecule has 0 bridgehead atoms. The molecule has 1 aromatic carbocycles. The van der Waals surface area contributed by atoms with Crippen LogP contribution >= 0.6 is 0 Å². The minimum atomic E-state index is -0.554. The molecule has 3 aromatic rings. The van der Waals surface area contributed by atoms with Crippen LogP contribution in [0.5, 0.6) is 0 Å². The highest BCUT2D eigenvalue weighted by atomic mass is 19.1. The van der Waals surface area contributed by atoms with Gasteiger partial charge in [0.1, 0.15) is 11.5 Å². The third-order valence-corrected chi connectivity index (χ3v) is 3.31. The Morgan fingerprint density at radius 2 is 2.00 bits per heavy atom. The first-order chi connectivity index (χ1) is 9.99. The van der Waals surface area contributed by atoms with Gasteiger partial charge in [0.2, 0.25) is 0 Å². The van der Waals surface area contributed by atoms with E-state index in [-0.39, 0.29) is 17.1 Å². The summed E-state index contributed by atoms with van der Waals surface area (Å²) in [4.78, 5) is 23.8. The van der Waals surface area contributed by atoms with E-state index in [1.807, 2.05) is 13.8 Å². The zero-order chi connectivity index (χ0) is 15.1. The van der Waals surface area contributed by atoms with Gasteiger partial charge in [-0.15, -0.1) is 0 Å². The Morgan fingerprint density at radius 1 is 1.24 bits per heavy atom. The number of aromatic amines is 2. The number of hydrogen-bond donors (Lipinski definition) is 2. The van der Waals surface area contributed by atoms with Crippen molar-refractivity contribution >= 4 is 11.0 Å². The smallest absolute Gasteiger partial charge is 0.292 e. The van der Waals surface area contributed by atoms with E-state index < -0.39 is 16.9 Å². The lowest BCUT2D eigenvalue weighted by molar-refractivity contribution is 0.600. The van der Waals surface area contributed by atoms with Crippen molar-refractivity contribution in [2.45, 2.75) is 19.8 Å². The van der Waals surface area contributed by atoms with Crippen LogP contribution in [0.15, 0.2) is 33.9 Å². The van der Waals surface area contributed by atoms with Gasteiger partial charge in [-0.2, -0.15) is 9.78 Å². The number of nitrogens with one attached hydrogen (secondary N) is 2. The molecule has 0 spiro atoms. The molecule has 0 fully saturated rings. The Bertz CT molecular complexity index is 936. The van der Waals surface area contributed by atoms with Gasteiger partial charge in [-0.1, -0.05) is 26.0 Å². The van der Waals surface area contributed by atoms with Crippen LogP contribution in [0.1, 0.15) is 25.3 Å². The fourth-order valence-electron chi connectivity index (χ4n) is 2.28. The molecule has 3 rings (SSSR count). The van der Waals surface area contributed by atoms with E-state index in [0.29, 0.717) is 11.1 Å². The van der Waals surface area contributed by atoms with Crippen LogP contribution < -0.4 is 11.1 Å². The molecule has 2 heterocycles. The van der Waals surface area contributed by atoms with Gasteiger partial charge in [0.15, 0.2) is 5.52 Å². The number of fused-ring (bicyclic) bond motifs is 1. The molecule has 108 valence electrons. The van der Waals surface area contributed by atoms with Gasteiger partial charge < -0.3 is 0 Å². The molecule has 7 heteroatoms. The summed E-state index contributed by atoms with van der Waals surface area (Å²) in [6.45, 7) is 3.79. The van der Waals surface area contributed by atoms with Gasteiger partial charge >= 0.3 is 0 Å². The van der Waals surface area contributed by atoms with Crippen molar-refractivity contribution in [3.05, 3.63) is 56.4 Å². The van der Waals surface area contributed by atoms with E-state index in [1.165, 1.54) is 12.1 Å². The SMILES string of the molecule is CC(C)c1cccc(F)c1-n1nc2c(=O)[nH][nH]c2cc1=O. The van der Waals surface area contributed by atoms with E-state index in [4.69, 9.17) is 0 Å². The molecule has 0 atom stereocenters. The van der Waals surface area contributed by atoms with Crippen molar-refractivity contribution in [1.29, 1.82) is 0 Å². The van der Waals surface area contributed by atoms with Crippen molar-refractivity contribution in [3.63, 3.8) is 0 Å². The molecule has 0 amide bonds. The summed E-state index contributed by atoms with van der Waals surface area (Å²) in [7, 11) is 0. The lowest BCUT2D eigenvalue weighted by atomic mass is 10.0. The summed E-state index contributed by atoms with van der Waals surface area (Å²) < 4.78 is 15.1. The molecule has 6 nitrogen and oxygen atoms in total. The number of halogens is 1. The minimum Gasteiger partial charge on any atom is -0.296 e. The summed E-state index contributed by atoms with van der Waals surface area (Å²) in [6, 6.07) is 5.81.